The number of likely N-dealkylation sites (tertiary alicyclic amines) is 1. The predicted molar refractivity (Wildman–Crippen MR) is 155 cm³/mol. The van der Waals surface area contributed by atoms with E-state index < -0.39 is 23.6 Å². The Morgan fingerprint density at radius 3 is 2.73 bits per heavy atom. The van der Waals surface area contributed by atoms with Crippen LogP contribution in [0.25, 0.3) is 5.69 Å². The number of carboxylic acid groups (broad SMARTS) is 1. The van der Waals surface area contributed by atoms with Gasteiger partial charge in [-0.1, -0.05) is 12.1 Å². The van der Waals surface area contributed by atoms with Gasteiger partial charge in [-0.05, 0) is 114 Å². The van der Waals surface area contributed by atoms with Crippen LogP contribution < -0.4 is 5.32 Å². The molecule has 41 heavy (non-hydrogen) atoms. The first kappa shape index (κ1) is 28.9. The fourth-order valence-corrected chi connectivity index (χ4v) is 6.17. The van der Waals surface area contributed by atoms with Crippen LogP contribution in [0.5, 0.6) is 0 Å². The third-order valence-electron chi connectivity index (χ3n) is 8.37. The molecule has 2 atom stereocenters. The number of carbonyl (C=O) groups is 2. The van der Waals surface area contributed by atoms with E-state index in [2.05, 4.69) is 16.5 Å². The molecule has 1 amide bonds. The van der Waals surface area contributed by atoms with Crippen molar-refractivity contribution in [3.05, 3.63) is 76.4 Å². The predicted octanol–water partition coefficient (Wildman–Crippen LogP) is 4.77. The number of aryl methyl sites for hydroxylation is 5. The number of alkyl halides is 1. The summed E-state index contributed by atoms with van der Waals surface area (Å²) in [5.74, 6) is -1.56. The standard InChI is InChI=1S/C32H40FN5O3/c1-22-19-23(2)38(36-22)27-9-5-8-25(20-27)30(39)35-29(31(40)41)14-18-37-17-6-15-32(33,21-37)16-13-26-12-11-24-7-3-4-10-28(24)34-26/h5,8-9,11-12,19-20,29H,3-4,6-7,10,13-18,21H2,1-2H3,(H,35,39)(H,40,41)/t29-,32+/m0/s1. The zero-order valence-electron chi connectivity index (χ0n) is 24.0. The summed E-state index contributed by atoms with van der Waals surface area (Å²) in [6.07, 6.45) is 6.88. The molecule has 5 rings (SSSR count). The SMILES string of the molecule is Cc1cc(C)n(-c2cccc(C(=O)N[C@@H](CCN3CCC[C@@](F)(CCc4ccc5c(n4)CCCC5)C3)C(=O)O)c2)n1. The zero-order chi connectivity index (χ0) is 29.0. The van der Waals surface area contributed by atoms with Crippen LogP contribution >= 0.6 is 0 Å². The number of hydrogen-bond donors (Lipinski definition) is 2. The Labute approximate surface area is 241 Å². The van der Waals surface area contributed by atoms with E-state index in [1.165, 1.54) is 24.1 Å². The summed E-state index contributed by atoms with van der Waals surface area (Å²) in [6, 6.07) is 12.0. The van der Waals surface area contributed by atoms with Crippen LogP contribution in [0.15, 0.2) is 42.5 Å². The van der Waals surface area contributed by atoms with Gasteiger partial charge in [0.1, 0.15) is 11.7 Å². The maximum Gasteiger partial charge on any atom is 0.326 e. The summed E-state index contributed by atoms with van der Waals surface area (Å²) in [5, 5.41) is 17.0. The average Bonchev–Trinajstić information content (AvgIpc) is 3.31. The molecule has 9 heteroatoms. The molecule has 3 heterocycles. The molecular weight excluding hydrogens is 521 g/mol. The summed E-state index contributed by atoms with van der Waals surface area (Å²) >= 11 is 0. The highest BCUT2D eigenvalue weighted by molar-refractivity contribution is 5.97. The number of rotatable bonds is 10. The molecule has 1 aromatic carbocycles. The van der Waals surface area contributed by atoms with Crippen molar-refractivity contribution in [3.8, 4) is 5.69 Å². The van der Waals surface area contributed by atoms with Crippen molar-refractivity contribution in [3.63, 3.8) is 0 Å². The molecule has 1 aliphatic heterocycles. The number of halogens is 1. The van der Waals surface area contributed by atoms with Crippen LogP contribution in [0, 0.1) is 13.8 Å². The first-order valence-corrected chi connectivity index (χ1v) is 14.8. The van der Waals surface area contributed by atoms with Crippen molar-refractivity contribution in [1.29, 1.82) is 0 Å². The van der Waals surface area contributed by atoms with Crippen LogP contribution in [0.3, 0.4) is 0 Å². The van der Waals surface area contributed by atoms with Crippen LogP contribution in [0.4, 0.5) is 4.39 Å². The second kappa shape index (κ2) is 12.5. The van der Waals surface area contributed by atoms with Gasteiger partial charge in [0.25, 0.3) is 5.91 Å². The second-order valence-corrected chi connectivity index (χ2v) is 11.7. The minimum absolute atomic E-state index is 0.195. The van der Waals surface area contributed by atoms with Gasteiger partial charge in [0.2, 0.25) is 0 Å². The largest absolute Gasteiger partial charge is 0.480 e. The maximum absolute atomic E-state index is 15.9. The number of amides is 1. The molecule has 2 aromatic heterocycles. The highest BCUT2D eigenvalue weighted by Crippen LogP contribution is 2.31. The van der Waals surface area contributed by atoms with Gasteiger partial charge in [-0.3, -0.25) is 9.78 Å². The van der Waals surface area contributed by atoms with Crippen molar-refractivity contribution in [2.24, 2.45) is 0 Å². The number of aliphatic carboxylic acids is 1. The molecule has 2 aliphatic rings. The zero-order valence-corrected chi connectivity index (χ0v) is 24.0. The molecule has 218 valence electrons. The molecular formula is C32H40FN5O3. The number of hydrogen-bond acceptors (Lipinski definition) is 5. The number of carbonyl (C=O) groups excluding carboxylic acids is 1. The second-order valence-electron chi connectivity index (χ2n) is 11.7. The number of pyridine rings is 1. The normalized spacial score (nSPS) is 19.9. The third-order valence-corrected chi connectivity index (χ3v) is 8.37. The molecule has 0 saturated carbocycles. The van der Waals surface area contributed by atoms with E-state index in [1.807, 2.05) is 36.9 Å². The van der Waals surface area contributed by atoms with Gasteiger partial charge >= 0.3 is 5.97 Å². The van der Waals surface area contributed by atoms with Gasteiger partial charge in [0.05, 0.1) is 11.4 Å². The van der Waals surface area contributed by atoms with Crippen LogP contribution in [0.2, 0.25) is 0 Å². The Morgan fingerprint density at radius 2 is 1.95 bits per heavy atom. The van der Waals surface area contributed by atoms with Gasteiger partial charge in [-0.2, -0.15) is 5.10 Å². The van der Waals surface area contributed by atoms with Crippen LogP contribution in [-0.4, -0.2) is 68.0 Å². The molecule has 1 aliphatic carbocycles. The Morgan fingerprint density at radius 1 is 1.12 bits per heavy atom. The topological polar surface area (TPSA) is 100 Å². The summed E-state index contributed by atoms with van der Waals surface area (Å²) in [7, 11) is 0. The molecule has 1 fully saturated rings. The lowest BCUT2D eigenvalue weighted by Gasteiger charge is -2.38. The van der Waals surface area contributed by atoms with E-state index in [0.717, 1.165) is 42.0 Å². The highest BCUT2D eigenvalue weighted by Gasteiger charge is 2.35. The van der Waals surface area contributed by atoms with Crippen LogP contribution in [-0.2, 0) is 24.1 Å². The smallest absolute Gasteiger partial charge is 0.326 e. The van der Waals surface area contributed by atoms with Crippen LogP contribution in [0.1, 0.15) is 77.2 Å². The Bertz CT molecular complexity index is 1410. The van der Waals surface area contributed by atoms with Crippen molar-refractivity contribution < 1.29 is 19.1 Å². The number of carboxylic acids is 1. The Hall–Kier alpha value is -3.59. The minimum atomic E-state index is -1.33. The molecule has 0 bridgehead atoms. The van der Waals surface area contributed by atoms with E-state index in [9.17, 15) is 14.7 Å². The number of aromatic nitrogens is 3. The molecule has 0 radical (unpaired) electrons. The number of nitrogens with zero attached hydrogens (tertiary/aromatic N) is 4. The van der Waals surface area contributed by atoms with Crippen molar-refractivity contribution in [2.75, 3.05) is 19.6 Å². The highest BCUT2D eigenvalue weighted by atomic mass is 19.1. The third kappa shape index (κ3) is 7.19. The summed E-state index contributed by atoms with van der Waals surface area (Å²) < 4.78 is 17.7. The van der Waals surface area contributed by atoms with Gasteiger partial charge in [-0.15, -0.1) is 0 Å². The first-order valence-electron chi connectivity index (χ1n) is 14.8. The van der Waals surface area contributed by atoms with Gasteiger partial charge in [0, 0.05) is 35.7 Å². The Kier molecular flexibility index (Phi) is 8.82. The average molecular weight is 562 g/mol. The molecule has 2 N–H and O–H groups in total. The maximum atomic E-state index is 15.9. The summed E-state index contributed by atoms with van der Waals surface area (Å²) in [6.45, 7) is 5.21. The van der Waals surface area contributed by atoms with E-state index >= 15 is 4.39 Å². The molecule has 1 saturated heterocycles. The van der Waals surface area contributed by atoms with Gasteiger partial charge in [0.15, 0.2) is 0 Å². The van der Waals surface area contributed by atoms with Crippen molar-refractivity contribution >= 4 is 11.9 Å². The monoisotopic (exact) mass is 561 g/mol. The fourth-order valence-electron chi connectivity index (χ4n) is 6.17. The molecule has 8 nitrogen and oxygen atoms in total. The van der Waals surface area contributed by atoms with E-state index in [1.54, 1.807) is 22.9 Å². The molecule has 3 aromatic rings. The van der Waals surface area contributed by atoms with Crippen molar-refractivity contribution in [2.45, 2.75) is 83.3 Å². The summed E-state index contributed by atoms with van der Waals surface area (Å²) in [4.78, 5) is 31.9. The number of piperidine rings is 1. The Balaban J connectivity index is 1.16. The number of fused-ring (bicyclic) bond motifs is 1. The number of nitrogens with one attached hydrogen (secondary N) is 1. The molecule has 0 spiro atoms. The lowest BCUT2D eigenvalue weighted by atomic mass is 9.88. The first-order chi connectivity index (χ1) is 19.7. The summed E-state index contributed by atoms with van der Waals surface area (Å²) in [5.41, 5.74) is 5.02. The van der Waals surface area contributed by atoms with Gasteiger partial charge < -0.3 is 15.3 Å². The van der Waals surface area contributed by atoms with Gasteiger partial charge in [-0.25, -0.2) is 13.9 Å². The minimum Gasteiger partial charge on any atom is -0.480 e. The number of benzene rings is 1. The van der Waals surface area contributed by atoms with E-state index in [4.69, 9.17) is 4.98 Å². The van der Waals surface area contributed by atoms with Crippen molar-refractivity contribution in [1.82, 2.24) is 25.0 Å². The fraction of sp³-hybridized carbons (Fsp3) is 0.500. The lowest BCUT2D eigenvalue weighted by molar-refractivity contribution is -0.139. The van der Waals surface area contributed by atoms with E-state index in [0.29, 0.717) is 37.9 Å². The molecule has 0 unspecified atom stereocenters. The van der Waals surface area contributed by atoms with E-state index in [-0.39, 0.29) is 13.0 Å². The lowest BCUT2D eigenvalue weighted by Crippen LogP contribution is -2.48. The quantitative estimate of drug-likeness (QED) is 0.370.